The van der Waals surface area contributed by atoms with Crippen LogP contribution in [0.2, 0.25) is 0 Å². The minimum Gasteiger partial charge on any atom is -0.369 e. The second kappa shape index (κ2) is 20.6. The molecule has 6 heteroatoms. The van der Waals surface area contributed by atoms with Crippen LogP contribution in [-0.4, -0.2) is 56.2 Å². The Hall–Kier alpha value is -1.14. The molecule has 0 aliphatic rings. The van der Waals surface area contributed by atoms with E-state index in [1.807, 2.05) is 4.90 Å². The van der Waals surface area contributed by atoms with Gasteiger partial charge in [-0.2, -0.15) is 0 Å². The molecule has 0 unspecified atom stereocenters. The molecule has 166 valence electrons. The number of unbranched alkanes of at least 4 members (excludes halogenated alkanes) is 10. The molecule has 0 heterocycles. The second-order valence-electron chi connectivity index (χ2n) is 7.49. The van der Waals surface area contributed by atoms with Crippen molar-refractivity contribution in [3.63, 3.8) is 0 Å². The molecule has 0 aliphatic heterocycles. The first-order valence-electron chi connectivity index (χ1n) is 11.3. The van der Waals surface area contributed by atoms with E-state index in [2.05, 4.69) is 13.8 Å². The molecule has 28 heavy (non-hydrogen) atoms. The Labute approximate surface area is 172 Å². The van der Waals surface area contributed by atoms with Crippen molar-refractivity contribution in [1.29, 1.82) is 0 Å². The van der Waals surface area contributed by atoms with Crippen molar-refractivity contribution in [2.75, 3.05) is 39.5 Å². The number of carbonyl (C=O) groups excluding carboxylic acids is 2. The summed E-state index contributed by atoms with van der Waals surface area (Å²) >= 11 is 0. The van der Waals surface area contributed by atoms with Crippen LogP contribution in [0.1, 0.15) is 90.9 Å². The van der Waals surface area contributed by atoms with Crippen LogP contribution in [0.5, 0.6) is 0 Å². The molecule has 6 nitrogen and oxygen atoms in total. The number of ether oxygens (including phenoxy) is 2. The van der Waals surface area contributed by atoms with Crippen LogP contribution < -0.4 is 5.73 Å². The van der Waals surface area contributed by atoms with Gasteiger partial charge in [-0.25, -0.2) is 0 Å². The minimum absolute atomic E-state index is 0.0528. The van der Waals surface area contributed by atoms with Gasteiger partial charge in [0.05, 0.1) is 13.2 Å². The molecule has 0 aliphatic carbocycles. The Kier molecular flexibility index (Phi) is 19.8. The highest BCUT2D eigenvalue weighted by molar-refractivity contribution is 5.77. The second-order valence-corrected chi connectivity index (χ2v) is 7.49. The Morgan fingerprint density at radius 3 is 1.57 bits per heavy atom. The number of hydrogen-bond acceptors (Lipinski definition) is 4. The van der Waals surface area contributed by atoms with E-state index in [4.69, 9.17) is 15.2 Å². The van der Waals surface area contributed by atoms with Gasteiger partial charge in [0.1, 0.15) is 13.2 Å². The molecule has 0 saturated carbocycles. The van der Waals surface area contributed by atoms with Crippen molar-refractivity contribution in [2.45, 2.75) is 90.9 Å². The molecule has 2 N–H and O–H groups in total. The quantitative estimate of drug-likeness (QED) is 0.295. The summed E-state index contributed by atoms with van der Waals surface area (Å²) in [5.41, 5.74) is 5.00. The third-order valence-electron chi connectivity index (χ3n) is 4.76. The minimum atomic E-state index is -0.500. The van der Waals surface area contributed by atoms with Crippen LogP contribution in [0.3, 0.4) is 0 Å². The average Bonchev–Trinajstić information content (AvgIpc) is 2.67. The van der Waals surface area contributed by atoms with Crippen LogP contribution in [0, 0.1) is 0 Å². The molecular weight excluding hydrogens is 356 g/mol. The molecule has 0 radical (unpaired) electrons. The Balaban J connectivity index is 4.06. The Morgan fingerprint density at radius 2 is 1.11 bits per heavy atom. The highest BCUT2D eigenvalue weighted by Gasteiger charge is 2.13. The van der Waals surface area contributed by atoms with Gasteiger partial charge in [0.15, 0.2) is 0 Å². The van der Waals surface area contributed by atoms with Gasteiger partial charge in [-0.3, -0.25) is 9.59 Å². The van der Waals surface area contributed by atoms with Crippen LogP contribution in [0.25, 0.3) is 0 Å². The number of carbonyl (C=O) groups is 2. The molecule has 0 saturated heterocycles. The van der Waals surface area contributed by atoms with Gasteiger partial charge in [0, 0.05) is 13.1 Å². The van der Waals surface area contributed by atoms with E-state index in [-0.39, 0.29) is 25.7 Å². The average molecular weight is 401 g/mol. The summed E-state index contributed by atoms with van der Waals surface area (Å²) in [4.78, 5) is 25.1. The summed E-state index contributed by atoms with van der Waals surface area (Å²) in [5, 5.41) is 0. The van der Waals surface area contributed by atoms with E-state index in [1.165, 1.54) is 64.2 Å². The third kappa shape index (κ3) is 18.2. The lowest BCUT2D eigenvalue weighted by atomic mass is 10.1. The first-order valence-corrected chi connectivity index (χ1v) is 11.3. The molecule has 0 bridgehead atoms. The van der Waals surface area contributed by atoms with Crippen molar-refractivity contribution >= 4 is 11.8 Å². The Bertz CT molecular complexity index is 362. The standard InChI is InChI=1S/C22H44N2O4/c1-3-5-7-9-11-13-15-24(16-14-12-10-8-6-4-2)22(26)20-28-18-17-27-19-21(23)25/h3-20H2,1-2H3,(H2,23,25). The maximum absolute atomic E-state index is 12.5. The first kappa shape index (κ1) is 26.9. The van der Waals surface area contributed by atoms with Gasteiger partial charge < -0.3 is 20.1 Å². The summed E-state index contributed by atoms with van der Waals surface area (Å²) in [6.07, 6.45) is 14.7. The topological polar surface area (TPSA) is 81.9 Å². The molecule has 0 fully saturated rings. The fraction of sp³-hybridized carbons (Fsp3) is 0.909. The van der Waals surface area contributed by atoms with Crippen molar-refractivity contribution < 1.29 is 19.1 Å². The molecule has 0 aromatic heterocycles. The maximum atomic E-state index is 12.5. The van der Waals surface area contributed by atoms with Crippen molar-refractivity contribution in [3.05, 3.63) is 0 Å². The normalized spacial score (nSPS) is 10.9. The predicted octanol–water partition coefficient (Wildman–Crippen LogP) is 4.05. The van der Waals surface area contributed by atoms with Gasteiger partial charge in [-0.15, -0.1) is 0 Å². The lowest BCUT2D eigenvalue weighted by molar-refractivity contribution is -0.137. The monoisotopic (exact) mass is 400 g/mol. The lowest BCUT2D eigenvalue weighted by Crippen LogP contribution is -2.36. The van der Waals surface area contributed by atoms with Gasteiger partial charge in [0.25, 0.3) is 0 Å². The zero-order chi connectivity index (χ0) is 20.9. The lowest BCUT2D eigenvalue weighted by Gasteiger charge is -2.23. The largest absolute Gasteiger partial charge is 0.369 e. The molecule has 0 spiro atoms. The highest BCUT2D eigenvalue weighted by atomic mass is 16.5. The van der Waals surface area contributed by atoms with Crippen LogP contribution in [-0.2, 0) is 19.1 Å². The molecule has 0 rings (SSSR count). The van der Waals surface area contributed by atoms with Crippen molar-refractivity contribution in [2.24, 2.45) is 5.73 Å². The number of rotatable bonds is 21. The first-order chi connectivity index (χ1) is 13.6. The third-order valence-corrected chi connectivity index (χ3v) is 4.76. The summed E-state index contributed by atoms with van der Waals surface area (Å²) in [6, 6.07) is 0. The fourth-order valence-electron chi connectivity index (χ4n) is 3.07. The summed E-state index contributed by atoms with van der Waals surface area (Å²) in [6.45, 7) is 6.61. The van der Waals surface area contributed by atoms with Crippen LogP contribution in [0.15, 0.2) is 0 Å². The van der Waals surface area contributed by atoms with Crippen molar-refractivity contribution in [3.8, 4) is 0 Å². The fourth-order valence-corrected chi connectivity index (χ4v) is 3.07. The van der Waals surface area contributed by atoms with Gasteiger partial charge in [-0.05, 0) is 12.8 Å². The molecule has 0 aromatic carbocycles. The number of nitrogens with zero attached hydrogens (tertiary/aromatic N) is 1. The summed E-state index contributed by atoms with van der Waals surface area (Å²) in [7, 11) is 0. The van der Waals surface area contributed by atoms with Gasteiger partial charge >= 0.3 is 0 Å². The SMILES string of the molecule is CCCCCCCCN(CCCCCCCC)C(=O)COCCOCC(N)=O. The number of primary amides is 1. The molecule has 2 amide bonds. The zero-order valence-electron chi connectivity index (χ0n) is 18.4. The van der Waals surface area contributed by atoms with Crippen LogP contribution >= 0.6 is 0 Å². The van der Waals surface area contributed by atoms with E-state index in [0.717, 1.165) is 25.9 Å². The van der Waals surface area contributed by atoms with Gasteiger partial charge in [0.2, 0.25) is 11.8 Å². The van der Waals surface area contributed by atoms with E-state index in [9.17, 15) is 9.59 Å². The summed E-state index contributed by atoms with van der Waals surface area (Å²) < 4.78 is 10.4. The van der Waals surface area contributed by atoms with Crippen LogP contribution in [0.4, 0.5) is 0 Å². The smallest absolute Gasteiger partial charge is 0.248 e. The van der Waals surface area contributed by atoms with E-state index in [0.29, 0.717) is 6.61 Å². The van der Waals surface area contributed by atoms with E-state index < -0.39 is 5.91 Å². The zero-order valence-corrected chi connectivity index (χ0v) is 18.4. The summed E-state index contributed by atoms with van der Waals surface area (Å²) in [5.74, 6) is -0.447. The maximum Gasteiger partial charge on any atom is 0.248 e. The number of amides is 2. The number of hydrogen-bond donors (Lipinski definition) is 1. The molecular formula is C22H44N2O4. The molecule has 0 aromatic rings. The molecule has 0 atom stereocenters. The highest BCUT2D eigenvalue weighted by Crippen LogP contribution is 2.09. The number of nitrogens with two attached hydrogens (primary N) is 1. The van der Waals surface area contributed by atoms with E-state index >= 15 is 0 Å². The van der Waals surface area contributed by atoms with E-state index in [1.54, 1.807) is 0 Å². The predicted molar refractivity (Wildman–Crippen MR) is 114 cm³/mol. The van der Waals surface area contributed by atoms with Gasteiger partial charge in [-0.1, -0.05) is 78.1 Å². The Morgan fingerprint density at radius 1 is 0.679 bits per heavy atom. The van der Waals surface area contributed by atoms with Crippen molar-refractivity contribution in [1.82, 2.24) is 4.90 Å².